The topological polar surface area (TPSA) is 92.7 Å². The summed E-state index contributed by atoms with van der Waals surface area (Å²) in [5.41, 5.74) is 0.368. The molecule has 0 saturated heterocycles. The van der Waals surface area contributed by atoms with Crippen LogP contribution in [0.2, 0.25) is 0 Å². The second-order valence-electron chi connectivity index (χ2n) is 5.09. The first-order chi connectivity index (χ1) is 9.56. The van der Waals surface area contributed by atoms with Crippen LogP contribution >= 0.6 is 11.8 Å². The largest absolute Gasteiger partial charge is 0.354 e. The van der Waals surface area contributed by atoms with Crippen molar-refractivity contribution in [2.45, 2.75) is 37.5 Å². The Kier molecular flexibility index (Phi) is 3.25. The van der Waals surface area contributed by atoms with E-state index >= 15 is 0 Å². The molecule has 1 atom stereocenters. The number of aromatic nitrogens is 4. The number of thioether (sulfide) groups is 1. The van der Waals surface area contributed by atoms with Crippen LogP contribution in [-0.2, 0) is 4.79 Å². The van der Waals surface area contributed by atoms with Gasteiger partial charge >= 0.3 is 0 Å². The van der Waals surface area contributed by atoms with Gasteiger partial charge in [0, 0.05) is 18.2 Å². The van der Waals surface area contributed by atoms with Crippen molar-refractivity contribution >= 4 is 28.7 Å². The Bertz CT molecular complexity index is 720. The van der Waals surface area contributed by atoms with E-state index in [1.807, 2.05) is 13.8 Å². The number of fused-ring (bicyclic) bond motifs is 2. The number of H-pyrrole nitrogens is 1. The Hall–Kier alpha value is -1.83. The number of nitrogens with one attached hydrogen (secondary N) is 2. The van der Waals surface area contributed by atoms with Crippen LogP contribution in [0.15, 0.2) is 16.1 Å². The predicted octanol–water partition coefficient (Wildman–Crippen LogP) is 0.681. The molecule has 0 aromatic carbocycles. The minimum atomic E-state index is -0.145. The van der Waals surface area contributed by atoms with Crippen LogP contribution in [0, 0.1) is 0 Å². The molecule has 0 radical (unpaired) electrons. The van der Waals surface area contributed by atoms with Gasteiger partial charge in [-0.15, -0.1) is 0 Å². The van der Waals surface area contributed by atoms with Gasteiger partial charge in [-0.25, -0.2) is 4.98 Å². The Morgan fingerprint density at radius 3 is 3.20 bits per heavy atom. The van der Waals surface area contributed by atoms with Crippen LogP contribution in [0.4, 0.5) is 0 Å². The second kappa shape index (κ2) is 4.93. The standard InChI is InChI=1S/C12H15N5O2S/c1-6(2)14-9(18)3-7-5-20-12-15-10-8(4-13-16-10)11(19)17(7)12/h4,6-7H,3,5H2,1-2H3,(H,13,16)(H,14,18). The predicted molar refractivity (Wildman–Crippen MR) is 75.8 cm³/mol. The van der Waals surface area contributed by atoms with Gasteiger partial charge < -0.3 is 5.32 Å². The summed E-state index contributed by atoms with van der Waals surface area (Å²) in [5, 5.41) is 10.5. The first kappa shape index (κ1) is 13.2. The number of hydrogen-bond donors (Lipinski definition) is 2. The Morgan fingerprint density at radius 2 is 2.45 bits per heavy atom. The molecular weight excluding hydrogens is 278 g/mol. The lowest BCUT2D eigenvalue weighted by atomic mass is 10.2. The molecule has 1 unspecified atom stereocenters. The van der Waals surface area contributed by atoms with E-state index in [1.165, 1.54) is 18.0 Å². The summed E-state index contributed by atoms with van der Waals surface area (Å²) in [6.07, 6.45) is 1.77. The zero-order valence-corrected chi connectivity index (χ0v) is 12.0. The first-order valence-corrected chi connectivity index (χ1v) is 7.42. The molecule has 0 fully saturated rings. The van der Waals surface area contributed by atoms with Crippen molar-refractivity contribution in [1.82, 2.24) is 25.1 Å². The Labute approximate surface area is 119 Å². The monoisotopic (exact) mass is 293 g/mol. The van der Waals surface area contributed by atoms with E-state index in [4.69, 9.17) is 0 Å². The molecule has 0 saturated carbocycles. The van der Waals surface area contributed by atoms with Crippen molar-refractivity contribution in [2.75, 3.05) is 5.75 Å². The lowest BCUT2D eigenvalue weighted by Crippen LogP contribution is -2.34. The summed E-state index contributed by atoms with van der Waals surface area (Å²) in [5.74, 6) is 0.644. The van der Waals surface area contributed by atoms with Gasteiger partial charge in [-0.1, -0.05) is 11.8 Å². The highest BCUT2D eigenvalue weighted by atomic mass is 32.2. The average molecular weight is 293 g/mol. The smallest absolute Gasteiger partial charge is 0.265 e. The number of aromatic amines is 1. The molecule has 0 bridgehead atoms. The maximum absolute atomic E-state index is 12.4. The molecule has 1 amide bonds. The number of hydrogen-bond acceptors (Lipinski definition) is 5. The first-order valence-electron chi connectivity index (χ1n) is 6.44. The van der Waals surface area contributed by atoms with Gasteiger partial charge in [0.05, 0.1) is 12.2 Å². The van der Waals surface area contributed by atoms with E-state index in [0.29, 0.717) is 28.4 Å². The van der Waals surface area contributed by atoms with Crippen molar-refractivity contribution in [3.05, 3.63) is 16.6 Å². The molecule has 3 rings (SSSR count). The summed E-state index contributed by atoms with van der Waals surface area (Å²) >= 11 is 1.49. The van der Waals surface area contributed by atoms with E-state index in [9.17, 15) is 9.59 Å². The van der Waals surface area contributed by atoms with Crippen LogP contribution in [0.25, 0.3) is 11.0 Å². The number of carbonyl (C=O) groups is 1. The summed E-state index contributed by atoms with van der Waals surface area (Å²) in [6, 6.07) is -0.0460. The van der Waals surface area contributed by atoms with Crippen molar-refractivity contribution in [3.8, 4) is 0 Å². The number of carbonyl (C=O) groups excluding carboxylic acids is 1. The van der Waals surface area contributed by atoms with Crippen LogP contribution < -0.4 is 10.9 Å². The maximum atomic E-state index is 12.4. The highest BCUT2D eigenvalue weighted by Gasteiger charge is 2.28. The third-order valence-corrected chi connectivity index (χ3v) is 4.22. The lowest BCUT2D eigenvalue weighted by molar-refractivity contribution is -0.122. The van der Waals surface area contributed by atoms with E-state index in [1.54, 1.807) is 4.57 Å². The SMILES string of the molecule is CC(C)NC(=O)CC1CSc2nc3[nH]ncc3c(=O)n21. The molecule has 1 aliphatic heterocycles. The molecule has 20 heavy (non-hydrogen) atoms. The fourth-order valence-electron chi connectivity index (χ4n) is 2.30. The molecule has 2 N–H and O–H groups in total. The van der Waals surface area contributed by atoms with Crippen molar-refractivity contribution in [1.29, 1.82) is 0 Å². The van der Waals surface area contributed by atoms with Crippen LogP contribution in [0.5, 0.6) is 0 Å². The highest BCUT2D eigenvalue weighted by Crippen LogP contribution is 2.32. The third-order valence-electron chi connectivity index (χ3n) is 3.12. The molecule has 7 nitrogen and oxygen atoms in total. The van der Waals surface area contributed by atoms with Crippen LogP contribution in [-0.4, -0.2) is 37.5 Å². The fraction of sp³-hybridized carbons (Fsp3) is 0.500. The van der Waals surface area contributed by atoms with E-state index < -0.39 is 0 Å². The molecule has 8 heteroatoms. The van der Waals surface area contributed by atoms with Crippen LogP contribution in [0.3, 0.4) is 0 Å². The molecular formula is C12H15N5O2S. The van der Waals surface area contributed by atoms with E-state index in [0.717, 1.165) is 0 Å². The van der Waals surface area contributed by atoms with Gasteiger partial charge in [-0.05, 0) is 13.8 Å². The normalized spacial score (nSPS) is 17.6. The van der Waals surface area contributed by atoms with Gasteiger partial charge in [0.25, 0.3) is 5.56 Å². The lowest BCUT2D eigenvalue weighted by Gasteiger charge is -2.14. The van der Waals surface area contributed by atoms with Gasteiger partial charge in [-0.2, -0.15) is 5.10 Å². The van der Waals surface area contributed by atoms with Crippen LogP contribution in [0.1, 0.15) is 26.3 Å². The summed E-state index contributed by atoms with van der Waals surface area (Å²) in [6.45, 7) is 3.83. The molecule has 106 valence electrons. The molecule has 2 aromatic rings. The Morgan fingerprint density at radius 1 is 1.65 bits per heavy atom. The van der Waals surface area contributed by atoms with Crippen molar-refractivity contribution in [2.24, 2.45) is 0 Å². The molecule has 3 heterocycles. The van der Waals surface area contributed by atoms with E-state index in [2.05, 4.69) is 20.5 Å². The zero-order valence-electron chi connectivity index (χ0n) is 11.2. The number of rotatable bonds is 3. The maximum Gasteiger partial charge on any atom is 0.265 e. The van der Waals surface area contributed by atoms with Gasteiger partial charge in [0.1, 0.15) is 5.39 Å². The second-order valence-corrected chi connectivity index (χ2v) is 6.08. The summed E-state index contributed by atoms with van der Waals surface area (Å²) in [7, 11) is 0. The molecule has 1 aliphatic rings. The summed E-state index contributed by atoms with van der Waals surface area (Å²) < 4.78 is 1.61. The van der Waals surface area contributed by atoms with Crippen molar-refractivity contribution < 1.29 is 4.79 Å². The van der Waals surface area contributed by atoms with Gasteiger partial charge in [0.15, 0.2) is 10.8 Å². The minimum absolute atomic E-state index is 0.0439. The minimum Gasteiger partial charge on any atom is -0.354 e. The Balaban J connectivity index is 1.93. The molecule has 2 aromatic heterocycles. The molecule has 0 spiro atoms. The number of amides is 1. The quantitative estimate of drug-likeness (QED) is 0.812. The highest BCUT2D eigenvalue weighted by molar-refractivity contribution is 7.99. The third kappa shape index (κ3) is 2.20. The van der Waals surface area contributed by atoms with Crippen molar-refractivity contribution in [3.63, 3.8) is 0 Å². The van der Waals surface area contributed by atoms with E-state index in [-0.39, 0.29) is 23.6 Å². The summed E-state index contributed by atoms with van der Waals surface area (Å²) in [4.78, 5) is 28.7. The number of nitrogens with zero attached hydrogens (tertiary/aromatic N) is 3. The zero-order chi connectivity index (χ0) is 14.3. The van der Waals surface area contributed by atoms with Gasteiger partial charge in [-0.3, -0.25) is 19.3 Å². The fourth-order valence-corrected chi connectivity index (χ4v) is 3.44. The average Bonchev–Trinajstić information content (AvgIpc) is 2.96. The van der Waals surface area contributed by atoms with Gasteiger partial charge in [0.2, 0.25) is 5.91 Å². The molecule has 0 aliphatic carbocycles.